The van der Waals surface area contributed by atoms with Gasteiger partial charge in [-0.1, -0.05) is 15.9 Å². The molecule has 0 saturated heterocycles. The Morgan fingerprint density at radius 3 is 2.65 bits per heavy atom. The second-order valence-electron chi connectivity index (χ2n) is 5.04. The summed E-state index contributed by atoms with van der Waals surface area (Å²) in [5.74, 6) is -0.0280. The van der Waals surface area contributed by atoms with E-state index in [1.54, 1.807) is 31.3 Å². The van der Waals surface area contributed by atoms with E-state index in [2.05, 4.69) is 15.9 Å². The molecule has 0 spiro atoms. The van der Waals surface area contributed by atoms with Crippen LogP contribution in [-0.2, 0) is 0 Å². The van der Waals surface area contributed by atoms with Crippen LogP contribution >= 0.6 is 15.9 Å². The first kappa shape index (κ1) is 17.3. The molecule has 6 heteroatoms. The van der Waals surface area contributed by atoms with Gasteiger partial charge in [-0.15, -0.1) is 0 Å². The van der Waals surface area contributed by atoms with E-state index >= 15 is 0 Å². The van der Waals surface area contributed by atoms with Crippen molar-refractivity contribution in [2.24, 2.45) is 0 Å². The predicted octanol–water partition coefficient (Wildman–Crippen LogP) is 3.83. The van der Waals surface area contributed by atoms with Crippen LogP contribution in [0.25, 0.3) is 0 Å². The van der Waals surface area contributed by atoms with Crippen LogP contribution in [0.15, 0.2) is 46.9 Å². The van der Waals surface area contributed by atoms with E-state index in [0.29, 0.717) is 25.3 Å². The third-order valence-electron chi connectivity index (χ3n) is 3.26. The molecule has 0 fully saturated rings. The van der Waals surface area contributed by atoms with E-state index in [4.69, 9.17) is 4.74 Å². The first-order valence-electron chi connectivity index (χ1n) is 7.09. The first-order valence-corrected chi connectivity index (χ1v) is 7.89. The van der Waals surface area contributed by atoms with E-state index in [1.165, 1.54) is 23.1 Å². The quantitative estimate of drug-likeness (QED) is 0.773. The highest BCUT2D eigenvalue weighted by atomic mass is 79.9. The molecule has 0 heterocycles. The van der Waals surface area contributed by atoms with Gasteiger partial charge in [0.25, 0.3) is 5.91 Å². The van der Waals surface area contributed by atoms with Crippen LogP contribution in [0.4, 0.5) is 4.39 Å². The summed E-state index contributed by atoms with van der Waals surface area (Å²) in [7, 11) is 1.67. The van der Waals surface area contributed by atoms with E-state index < -0.39 is 0 Å². The van der Waals surface area contributed by atoms with Gasteiger partial charge in [-0.3, -0.25) is 4.79 Å². The molecule has 2 aromatic carbocycles. The summed E-state index contributed by atoms with van der Waals surface area (Å²) in [5.41, 5.74) is 0.251. The number of hydrogen-bond acceptors (Lipinski definition) is 3. The molecule has 0 aromatic heterocycles. The van der Waals surface area contributed by atoms with Gasteiger partial charge in [0.2, 0.25) is 0 Å². The second kappa shape index (κ2) is 7.97. The Hall–Kier alpha value is -2.08. The number of amides is 1. The number of phenolic OH excluding ortho intramolecular Hbond substituents is 1. The average Bonchev–Trinajstić information content (AvgIpc) is 2.54. The van der Waals surface area contributed by atoms with Crippen molar-refractivity contribution in [2.75, 3.05) is 20.2 Å². The van der Waals surface area contributed by atoms with Gasteiger partial charge in [-0.05, 0) is 48.9 Å². The number of halogens is 2. The summed E-state index contributed by atoms with van der Waals surface area (Å²) in [5, 5.41) is 9.77. The maximum atomic E-state index is 12.8. The summed E-state index contributed by atoms with van der Waals surface area (Å²) in [4.78, 5) is 13.8. The van der Waals surface area contributed by atoms with Gasteiger partial charge in [0, 0.05) is 18.1 Å². The van der Waals surface area contributed by atoms with Gasteiger partial charge in [-0.2, -0.15) is 0 Å². The maximum Gasteiger partial charge on any atom is 0.257 e. The predicted molar refractivity (Wildman–Crippen MR) is 89.3 cm³/mol. The van der Waals surface area contributed by atoms with Gasteiger partial charge in [0.1, 0.15) is 17.3 Å². The Kier molecular flexibility index (Phi) is 5.98. The summed E-state index contributed by atoms with van der Waals surface area (Å²) >= 11 is 3.28. The van der Waals surface area contributed by atoms with Gasteiger partial charge in [0.05, 0.1) is 12.2 Å². The van der Waals surface area contributed by atoms with Crippen LogP contribution in [0.5, 0.6) is 11.5 Å². The van der Waals surface area contributed by atoms with Crippen molar-refractivity contribution in [2.45, 2.75) is 6.42 Å². The number of rotatable bonds is 6. The molecule has 1 N–H and O–H groups in total. The topological polar surface area (TPSA) is 49.8 Å². The summed E-state index contributed by atoms with van der Waals surface area (Å²) < 4.78 is 19.0. The van der Waals surface area contributed by atoms with E-state index in [9.17, 15) is 14.3 Å². The van der Waals surface area contributed by atoms with Crippen molar-refractivity contribution in [3.8, 4) is 11.5 Å². The highest BCUT2D eigenvalue weighted by molar-refractivity contribution is 9.10. The maximum absolute atomic E-state index is 12.8. The third kappa shape index (κ3) is 4.96. The molecule has 0 unspecified atom stereocenters. The molecule has 0 aliphatic heterocycles. The summed E-state index contributed by atoms with van der Waals surface area (Å²) in [6, 6.07) is 10.5. The molecule has 0 atom stereocenters. The smallest absolute Gasteiger partial charge is 0.257 e. The number of phenols is 1. The fourth-order valence-electron chi connectivity index (χ4n) is 2.01. The highest BCUT2D eigenvalue weighted by Crippen LogP contribution is 2.23. The number of nitrogens with zero attached hydrogens (tertiary/aromatic N) is 1. The van der Waals surface area contributed by atoms with Crippen LogP contribution in [0.2, 0.25) is 0 Å². The normalized spacial score (nSPS) is 10.4. The lowest BCUT2D eigenvalue weighted by atomic mass is 10.2. The highest BCUT2D eigenvalue weighted by Gasteiger charge is 2.15. The molecule has 122 valence electrons. The molecule has 0 bridgehead atoms. The number of carbonyl (C=O) groups is 1. The van der Waals surface area contributed by atoms with Crippen LogP contribution in [0.1, 0.15) is 16.8 Å². The van der Waals surface area contributed by atoms with Crippen molar-refractivity contribution in [1.29, 1.82) is 0 Å². The lowest BCUT2D eigenvalue weighted by Gasteiger charge is -2.18. The van der Waals surface area contributed by atoms with Crippen LogP contribution in [0, 0.1) is 5.82 Å². The molecule has 0 aliphatic rings. The van der Waals surface area contributed by atoms with Gasteiger partial charge in [0.15, 0.2) is 0 Å². The fourth-order valence-corrected chi connectivity index (χ4v) is 2.37. The molecule has 1 amide bonds. The van der Waals surface area contributed by atoms with Crippen molar-refractivity contribution in [3.05, 3.63) is 58.3 Å². The van der Waals surface area contributed by atoms with E-state index in [0.717, 1.165) is 4.47 Å². The lowest BCUT2D eigenvalue weighted by Crippen LogP contribution is -2.28. The minimum Gasteiger partial charge on any atom is -0.507 e. The zero-order valence-electron chi connectivity index (χ0n) is 12.6. The van der Waals surface area contributed by atoms with Gasteiger partial charge >= 0.3 is 0 Å². The van der Waals surface area contributed by atoms with Crippen molar-refractivity contribution < 1.29 is 19.0 Å². The van der Waals surface area contributed by atoms with Crippen molar-refractivity contribution >= 4 is 21.8 Å². The molecule has 0 saturated carbocycles. The summed E-state index contributed by atoms with van der Waals surface area (Å²) in [6.07, 6.45) is 0.619. The zero-order chi connectivity index (χ0) is 16.8. The number of carbonyl (C=O) groups excluding carboxylic acids is 1. The average molecular weight is 382 g/mol. The Bertz CT molecular complexity index is 676. The zero-order valence-corrected chi connectivity index (χ0v) is 14.2. The molecular weight excluding hydrogens is 365 g/mol. The number of aromatic hydroxyl groups is 1. The van der Waals surface area contributed by atoms with Gasteiger partial charge < -0.3 is 14.7 Å². The number of benzene rings is 2. The minimum atomic E-state index is -0.309. The van der Waals surface area contributed by atoms with E-state index in [1.807, 2.05) is 0 Å². The second-order valence-corrected chi connectivity index (χ2v) is 5.96. The molecule has 4 nitrogen and oxygen atoms in total. The SMILES string of the molecule is CN(CCCOc1ccc(F)cc1)C(=O)c1cc(Br)ccc1O. The minimum absolute atomic E-state index is 0.0485. The number of hydrogen-bond donors (Lipinski definition) is 1. The lowest BCUT2D eigenvalue weighted by molar-refractivity contribution is 0.0785. The molecular formula is C17H17BrFNO3. The molecule has 2 rings (SSSR count). The van der Waals surface area contributed by atoms with Crippen molar-refractivity contribution in [1.82, 2.24) is 4.90 Å². The standard InChI is InChI=1S/C17H17BrFNO3/c1-20(17(22)15-11-12(18)3-8-16(15)21)9-2-10-23-14-6-4-13(19)5-7-14/h3-8,11,21H,2,9-10H2,1H3. The molecule has 2 aromatic rings. The van der Waals surface area contributed by atoms with Crippen LogP contribution < -0.4 is 4.74 Å². The Morgan fingerprint density at radius 2 is 1.96 bits per heavy atom. The Morgan fingerprint density at radius 1 is 1.26 bits per heavy atom. The molecule has 0 radical (unpaired) electrons. The number of ether oxygens (including phenoxy) is 1. The molecule has 0 aliphatic carbocycles. The summed E-state index contributed by atoms with van der Waals surface area (Å²) in [6.45, 7) is 0.889. The van der Waals surface area contributed by atoms with Crippen molar-refractivity contribution in [3.63, 3.8) is 0 Å². The molecule has 23 heavy (non-hydrogen) atoms. The van der Waals surface area contributed by atoms with Crippen LogP contribution in [0.3, 0.4) is 0 Å². The van der Waals surface area contributed by atoms with Gasteiger partial charge in [-0.25, -0.2) is 4.39 Å². The fraction of sp³-hybridized carbons (Fsp3) is 0.235. The Balaban J connectivity index is 1.82. The monoisotopic (exact) mass is 381 g/mol. The van der Waals surface area contributed by atoms with E-state index in [-0.39, 0.29) is 23.0 Å². The first-order chi connectivity index (χ1) is 11.0. The third-order valence-corrected chi connectivity index (χ3v) is 3.75. The van der Waals surface area contributed by atoms with Crippen LogP contribution in [-0.4, -0.2) is 36.1 Å². The Labute approximate surface area is 142 Å². The largest absolute Gasteiger partial charge is 0.507 e.